The third-order valence-electron chi connectivity index (χ3n) is 0.655. The molecule has 0 radical (unpaired) electrons. The normalized spacial score (nSPS) is 12.9. The van der Waals surface area contributed by atoms with E-state index >= 15 is 0 Å². The van der Waals surface area contributed by atoms with Crippen LogP contribution in [0.5, 0.6) is 0 Å². The minimum absolute atomic E-state index is 0.949. The zero-order valence-electron chi connectivity index (χ0n) is 4.83. The summed E-state index contributed by atoms with van der Waals surface area (Å²) in [4.78, 5) is 7.37. The molecule has 44 valence electrons. The van der Waals surface area contributed by atoms with Crippen LogP contribution >= 0.6 is 45.2 Å². The minimum atomic E-state index is -1.39. The summed E-state index contributed by atoms with van der Waals surface area (Å²) in [5.74, 6) is 0. The standard InChI is InChI=1S/CHI2.3CH3.Sn/c2-1-3;;;;/h1H;3*1H3;. The molecular weight excluding hydrogens is 421 g/mol. The first-order chi connectivity index (χ1) is 2.94. The summed E-state index contributed by atoms with van der Waals surface area (Å²) in [6, 6.07) is 0. The van der Waals surface area contributed by atoms with Crippen LogP contribution in [0.3, 0.4) is 0 Å². The Bertz CT molecular complexity index is 55.2. The molecule has 0 aliphatic rings. The summed E-state index contributed by atoms with van der Waals surface area (Å²) in [5, 5.41) is 0. The summed E-state index contributed by atoms with van der Waals surface area (Å²) in [6.45, 7) is 0. The number of hydrogen-bond acceptors (Lipinski definition) is 0. The van der Waals surface area contributed by atoms with Gasteiger partial charge in [0.1, 0.15) is 0 Å². The van der Waals surface area contributed by atoms with E-state index < -0.39 is 18.4 Å². The number of alkyl halides is 2. The van der Waals surface area contributed by atoms with Crippen LogP contribution in [0.15, 0.2) is 0 Å². The van der Waals surface area contributed by atoms with Crippen molar-refractivity contribution in [3.63, 3.8) is 0 Å². The first-order valence-electron chi connectivity index (χ1n) is 2.23. The molecule has 0 saturated carbocycles. The van der Waals surface area contributed by atoms with Gasteiger partial charge in [0.05, 0.1) is 0 Å². The molecule has 0 rings (SSSR count). The van der Waals surface area contributed by atoms with E-state index in [-0.39, 0.29) is 0 Å². The summed E-state index contributed by atoms with van der Waals surface area (Å²) >= 11 is 3.67. The van der Waals surface area contributed by atoms with E-state index in [9.17, 15) is 0 Å². The van der Waals surface area contributed by atoms with E-state index in [1.54, 1.807) is 0 Å². The molecule has 0 heterocycles. The van der Waals surface area contributed by atoms with E-state index in [1.165, 1.54) is 0 Å². The first kappa shape index (κ1) is 9.26. The average molecular weight is 431 g/mol. The molecule has 0 nitrogen and oxygen atoms in total. The van der Waals surface area contributed by atoms with Crippen LogP contribution in [-0.2, 0) is 0 Å². The molecule has 0 aromatic carbocycles. The van der Waals surface area contributed by atoms with Crippen LogP contribution in [0.1, 0.15) is 0 Å². The van der Waals surface area contributed by atoms with Crippen LogP contribution in [0.25, 0.3) is 0 Å². The maximum absolute atomic E-state index is 2.53. The van der Waals surface area contributed by atoms with Crippen molar-refractivity contribution in [3.05, 3.63) is 0 Å². The Hall–Kier alpha value is 2.26. The van der Waals surface area contributed by atoms with Crippen molar-refractivity contribution in [2.24, 2.45) is 0 Å². The Morgan fingerprint density at radius 1 is 1.14 bits per heavy atom. The van der Waals surface area contributed by atoms with Crippen molar-refractivity contribution < 1.29 is 0 Å². The van der Waals surface area contributed by atoms with Crippen molar-refractivity contribution >= 4 is 63.6 Å². The van der Waals surface area contributed by atoms with Gasteiger partial charge in [0.15, 0.2) is 0 Å². The fraction of sp³-hybridized carbons (Fsp3) is 1.00. The Morgan fingerprint density at radius 2 is 1.29 bits per heavy atom. The quantitative estimate of drug-likeness (QED) is 0.341. The van der Waals surface area contributed by atoms with Gasteiger partial charge in [0, 0.05) is 0 Å². The predicted octanol–water partition coefficient (Wildman–Crippen LogP) is 3.06. The van der Waals surface area contributed by atoms with Crippen LogP contribution in [-0.4, -0.2) is 18.3 Å². The molecular formula is C4H10I2Sn. The molecule has 0 atom stereocenters. The number of hydrogen-bond donors (Lipinski definition) is 0. The first-order valence-corrected chi connectivity index (χ1v) is 14.9. The van der Waals surface area contributed by atoms with Crippen LogP contribution in [0, 0.1) is 0 Å². The molecule has 0 aromatic heterocycles. The fourth-order valence-corrected chi connectivity index (χ4v) is 0. The third-order valence-corrected chi connectivity index (χ3v) is 29.5. The molecule has 0 aliphatic carbocycles. The van der Waals surface area contributed by atoms with Gasteiger partial charge in [-0.3, -0.25) is 0 Å². The second-order valence-electron chi connectivity index (χ2n) is 2.67. The Kier molecular flexibility index (Phi) is 4.54. The monoisotopic (exact) mass is 432 g/mol. The fourth-order valence-electron chi connectivity index (χ4n) is 0. The van der Waals surface area contributed by atoms with Gasteiger partial charge in [-0.05, 0) is 0 Å². The molecule has 0 fully saturated rings. The van der Waals surface area contributed by atoms with Crippen LogP contribution in [0.2, 0.25) is 14.8 Å². The van der Waals surface area contributed by atoms with Gasteiger partial charge < -0.3 is 0 Å². The number of halogens is 2. The number of rotatable bonds is 1. The van der Waals surface area contributed by atoms with Gasteiger partial charge in [-0.25, -0.2) is 0 Å². The zero-order valence-corrected chi connectivity index (χ0v) is 12.0. The molecule has 0 aliphatic heterocycles. The molecule has 0 N–H and O–H groups in total. The van der Waals surface area contributed by atoms with E-state index in [4.69, 9.17) is 0 Å². The molecule has 7 heavy (non-hydrogen) atoms. The summed E-state index contributed by atoms with van der Waals surface area (Å²) in [5.41, 5.74) is 0. The molecule has 0 saturated heterocycles. The SMILES string of the molecule is [CH3][Sn]([CH3])([CH3])[CH](I)I. The second kappa shape index (κ2) is 3.43. The zero-order chi connectivity index (χ0) is 6.08. The summed E-state index contributed by atoms with van der Waals surface area (Å²) < 4.78 is 0.949. The van der Waals surface area contributed by atoms with Crippen molar-refractivity contribution in [1.82, 2.24) is 0 Å². The third kappa shape index (κ3) is 4.74. The summed E-state index contributed by atoms with van der Waals surface area (Å²) in [7, 11) is 0. The van der Waals surface area contributed by atoms with E-state index in [1.807, 2.05) is 0 Å². The van der Waals surface area contributed by atoms with Crippen LogP contribution < -0.4 is 0 Å². The average Bonchev–Trinajstić information content (AvgIpc) is 1.31. The van der Waals surface area contributed by atoms with Gasteiger partial charge >= 0.3 is 78.3 Å². The Labute approximate surface area is 77.0 Å². The summed E-state index contributed by atoms with van der Waals surface area (Å²) in [6.07, 6.45) is 0. The maximum atomic E-state index is 2.53. The van der Waals surface area contributed by atoms with Crippen molar-refractivity contribution in [2.45, 2.75) is 14.8 Å². The second-order valence-corrected chi connectivity index (χ2v) is 29.4. The van der Waals surface area contributed by atoms with Gasteiger partial charge in [-0.1, -0.05) is 0 Å². The predicted molar refractivity (Wildman–Crippen MR) is 55.2 cm³/mol. The Balaban J connectivity index is 3.54. The van der Waals surface area contributed by atoms with E-state index in [0.29, 0.717) is 0 Å². The van der Waals surface area contributed by atoms with Crippen molar-refractivity contribution in [2.75, 3.05) is 0 Å². The van der Waals surface area contributed by atoms with Gasteiger partial charge in [-0.15, -0.1) is 0 Å². The molecule has 0 bridgehead atoms. The van der Waals surface area contributed by atoms with Crippen molar-refractivity contribution in [3.8, 4) is 0 Å². The van der Waals surface area contributed by atoms with E-state index in [2.05, 4.69) is 60.0 Å². The molecule has 0 unspecified atom stereocenters. The van der Waals surface area contributed by atoms with Gasteiger partial charge in [-0.2, -0.15) is 0 Å². The molecule has 3 heteroatoms. The van der Waals surface area contributed by atoms with E-state index in [0.717, 1.165) is -0.0527 Å². The Morgan fingerprint density at radius 3 is 1.29 bits per heavy atom. The molecule has 0 aromatic rings. The van der Waals surface area contributed by atoms with Gasteiger partial charge in [0.2, 0.25) is 0 Å². The van der Waals surface area contributed by atoms with Crippen LogP contribution in [0.4, 0.5) is 0 Å². The topological polar surface area (TPSA) is 0 Å². The molecule has 0 amide bonds. The van der Waals surface area contributed by atoms with Crippen molar-refractivity contribution in [1.29, 1.82) is 0 Å². The van der Waals surface area contributed by atoms with Gasteiger partial charge in [0.25, 0.3) is 0 Å². The molecule has 0 spiro atoms.